The van der Waals surface area contributed by atoms with E-state index in [0.717, 1.165) is 43.7 Å². The van der Waals surface area contributed by atoms with Gasteiger partial charge in [-0.15, -0.1) is 0 Å². The molecule has 1 heterocycles. The van der Waals surface area contributed by atoms with Gasteiger partial charge in [0.05, 0.1) is 7.11 Å². The summed E-state index contributed by atoms with van der Waals surface area (Å²) in [5.74, 6) is 0.882. The van der Waals surface area contributed by atoms with Gasteiger partial charge in [-0.25, -0.2) is 4.79 Å². The molecule has 0 atom stereocenters. The molecule has 0 radical (unpaired) electrons. The number of rotatable bonds is 4. The van der Waals surface area contributed by atoms with Crippen LogP contribution in [0.3, 0.4) is 0 Å². The van der Waals surface area contributed by atoms with E-state index in [9.17, 15) is 4.79 Å². The second kappa shape index (κ2) is 6.28. The zero-order valence-corrected chi connectivity index (χ0v) is 10.8. The van der Waals surface area contributed by atoms with Crippen molar-refractivity contribution in [3.8, 4) is 5.75 Å². The minimum atomic E-state index is 0.0578. The molecule has 0 bridgehead atoms. The van der Waals surface area contributed by atoms with Crippen molar-refractivity contribution in [3.63, 3.8) is 0 Å². The lowest BCUT2D eigenvalue weighted by Crippen LogP contribution is -2.38. The third-order valence-electron chi connectivity index (χ3n) is 3.26. The molecular formula is C14H20N2O2. The molecule has 1 aromatic carbocycles. The van der Waals surface area contributed by atoms with Crippen molar-refractivity contribution in [2.75, 3.05) is 26.7 Å². The van der Waals surface area contributed by atoms with E-state index in [-0.39, 0.29) is 6.03 Å². The van der Waals surface area contributed by atoms with Gasteiger partial charge in [0.15, 0.2) is 0 Å². The second-order valence-electron chi connectivity index (χ2n) is 4.49. The van der Waals surface area contributed by atoms with E-state index in [2.05, 4.69) is 5.32 Å². The number of nitrogens with one attached hydrogen (secondary N) is 1. The Bertz CT molecular complexity index is 401. The van der Waals surface area contributed by atoms with E-state index in [1.807, 2.05) is 29.2 Å². The van der Waals surface area contributed by atoms with E-state index in [1.54, 1.807) is 7.11 Å². The summed E-state index contributed by atoms with van der Waals surface area (Å²) in [6.45, 7) is 2.43. The zero-order valence-electron chi connectivity index (χ0n) is 10.8. The van der Waals surface area contributed by atoms with Gasteiger partial charge in [-0.05, 0) is 30.9 Å². The first-order valence-corrected chi connectivity index (χ1v) is 6.46. The number of carbonyl (C=O) groups is 1. The van der Waals surface area contributed by atoms with Crippen molar-refractivity contribution in [2.45, 2.75) is 19.3 Å². The molecule has 1 saturated heterocycles. The maximum absolute atomic E-state index is 11.8. The third-order valence-corrected chi connectivity index (χ3v) is 3.26. The number of methoxy groups -OCH3 is 1. The summed E-state index contributed by atoms with van der Waals surface area (Å²) in [6.07, 6.45) is 3.05. The molecule has 1 aliphatic heterocycles. The van der Waals surface area contributed by atoms with Crippen LogP contribution in [0.2, 0.25) is 0 Å². The van der Waals surface area contributed by atoms with Gasteiger partial charge in [-0.2, -0.15) is 0 Å². The number of nitrogens with zero attached hydrogens (tertiary/aromatic N) is 1. The summed E-state index contributed by atoms with van der Waals surface area (Å²) in [7, 11) is 1.67. The van der Waals surface area contributed by atoms with Crippen LogP contribution < -0.4 is 10.1 Å². The minimum absolute atomic E-state index is 0.0578. The fourth-order valence-electron chi connectivity index (χ4n) is 2.25. The van der Waals surface area contributed by atoms with Crippen molar-refractivity contribution in [1.82, 2.24) is 10.2 Å². The first-order valence-electron chi connectivity index (χ1n) is 6.46. The number of hydrogen-bond donors (Lipinski definition) is 1. The average molecular weight is 248 g/mol. The number of likely N-dealkylation sites (tertiary alicyclic amines) is 1. The maximum Gasteiger partial charge on any atom is 0.317 e. The lowest BCUT2D eigenvalue weighted by molar-refractivity contribution is 0.209. The van der Waals surface area contributed by atoms with E-state index in [1.165, 1.54) is 0 Å². The molecular weight excluding hydrogens is 228 g/mol. The lowest BCUT2D eigenvalue weighted by atomic mass is 10.1. The molecule has 4 nitrogen and oxygen atoms in total. The van der Waals surface area contributed by atoms with Crippen molar-refractivity contribution in [1.29, 1.82) is 0 Å². The second-order valence-corrected chi connectivity index (χ2v) is 4.49. The Morgan fingerprint density at radius 1 is 1.33 bits per heavy atom. The third kappa shape index (κ3) is 3.15. The number of benzene rings is 1. The molecule has 0 aromatic heterocycles. The Balaban J connectivity index is 1.79. The number of ether oxygens (including phenoxy) is 1. The highest BCUT2D eigenvalue weighted by Crippen LogP contribution is 2.17. The van der Waals surface area contributed by atoms with Gasteiger partial charge in [0.25, 0.3) is 0 Å². The molecule has 1 fully saturated rings. The fraction of sp³-hybridized carbons (Fsp3) is 0.500. The molecule has 1 aliphatic rings. The molecule has 0 spiro atoms. The van der Waals surface area contributed by atoms with E-state index < -0.39 is 0 Å². The Hall–Kier alpha value is -1.71. The van der Waals surface area contributed by atoms with Gasteiger partial charge in [-0.1, -0.05) is 18.2 Å². The number of hydrogen-bond acceptors (Lipinski definition) is 2. The van der Waals surface area contributed by atoms with E-state index in [4.69, 9.17) is 4.74 Å². The zero-order chi connectivity index (χ0) is 12.8. The van der Waals surface area contributed by atoms with Crippen LogP contribution in [0.5, 0.6) is 5.75 Å². The summed E-state index contributed by atoms with van der Waals surface area (Å²) in [4.78, 5) is 13.7. The summed E-state index contributed by atoms with van der Waals surface area (Å²) >= 11 is 0. The van der Waals surface area contributed by atoms with Gasteiger partial charge in [0.2, 0.25) is 0 Å². The number of amides is 2. The Morgan fingerprint density at radius 2 is 2.06 bits per heavy atom. The molecule has 0 aliphatic carbocycles. The number of carbonyl (C=O) groups excluding carboxylic acids is 1. The molecule has 4 heteroatoms. The van der Waals surface area contributed by atoms with E-state index >= 15 is 0 Å². The normalized spacial score (nSPS) is 14.6. The molecule has 0 saturated carbocycles. The molecule has 0 unspecified atom stereocenters. The van der Waals surface area contributed by atoms with Gasteiger partial charge >= 0.3 is 6.03 Å². The largest absolute Gasteiger partial charge is 0.496 e. The molecule has 98 valence electrons. The predicted octanol–water partition coefficient (Wildman–Crippen LogP) is 2.04. The summed E-state index contributed by atoms with van der Waals surface area (Å²) in [5, 5.41) is 2.96. The topological polar surface area (TPSA) is 41.6 Å². The molecule has 2 amide bonds. The van der Waals surface area contributed by atoms with Crippen LogP contribution in [-0.4, -0.2) is 37.7 Å². The van der Waals surface area contributed by atoms with Crippen LogP contribution in [0.1, 0.15) is 18.4 Å². The van der Waals surface area contributed by atoms with Crippen LogP contribution in [0.25, 0.3) is 0 Å². The summed E-state index contributed by atoms with van der Waals surface area (Å²) in [5.41, 5.74) is 1.13. The molecule has 18 heavy (non-hydrogen) atoms. The Morgan fingerprint density at radius 3 is 2.78 bits per heavy atom. The van der Waals surface area contributed by atoms with Gasteiger partial charge in [0, 0.05) is 19.6 Å². The van der Waals surface area contributed by atoms with Gasteiger partial charge in [-0.3, -0.25) is 0 Å². The van der Waals surface area contributed by atoms with Gasteiger partial charge in [0.1, 0.15) is 5.75 Å². The average Bonchev–Trinajstić information content (AvgIpc) is 2.93. The van der Waals surface area contributed by atoms with Crippen molar-refractivity contribution in [2.24, 2.45) is 0 Å². The van der Waals surface area contributed by atoms with Crippen LogP contribution in [0, 0.1) is 0 Å². The molecule has 2 rings (SSSR count). The highest BCUT2D eigenvalue weighted by atomic mass is 16.5. The Kier molecular flexibility index (Phi) is 4.45. The quantitative estimate of drug-likeness (QED) is 0.886. The van der Waals surface area contributed by atoms with Crippen molar-refractivity contribution < 1.29 is 9.53 Å². The summed E-state index contributed by atoms with van der Waals surface area (Å²) < 4.78 is 5.28. The molecule has 1 N–H and O–H groups in total. The first kappa shape index (κ1) is 12.7. The minimum Gasteiger partial charge on any atom is -0.496 e. The predicted molar refractivity (Wildman–Crippen MR) is 70.9 cm³/mol. The van der Waals surface area contributed by atoms with E-state index in [0.29, 0.717) is 6.54 Å². The van der Waals surface area contributed by atoms with Crippen LogP contribution >= 0.6 is 0 Å². The lowest BCUT2D eigenvalue weighted by Gasteiger charge is -2.16. The van der Waals surface area contributed by atoms with Crippen molar-refractivity contribution >= 4 is 6.03 Å². The number of para-hydroxylation sites is 1. The highest BCUT2D eigenvalue weighted by molar-refractivity contribution is 5.74. The SMILES string of the molecule is COc1ccccc1CCNC(=O)N1CCCC1. The maximum atomic E-state index is 11.8. The fourth-order valence-corrected chi connectivity index (χ4v) is 2.25. The monoisotopic (exact) mass is 248 g/mol. The van der Waals surface area contributed by atoms with Crippen LogP contribution in [-0.2, 0) is 6.42 Å². The first-order chi connectivity index (χ1) is 8.81. The van der Waals surface area contributed by atoms with Crippen LogP contribution in [0.15, 0.2) is 24.3 Å². The van der Waals surface area contributed by atoms with Crippen molar-refractivity contribution in [3.05, 3.63) is 29.8 Å². The van der Waals surface area contributed by atoms with Gasteiger partial charge < -0.3 is 15.0 Å². The number of urea groups is 1. The smallest absolute Gasteiger partial charge is 0.317 e. The van der Waals surface area contributed by atoms with Crippen LogP contribution in [0.4, 0.5) is 4.79 Å². The Labute approximate surface area is 108 Å². The molecule has 1 aromatic rings. The highest BCUT2D eigenvalue weighted by Gasteiger charge is 2.16. The standard InChI is InChI=1S/C14H20N2O2/c1-18-13-7-3-2-6-12(13)8-9-15-14(17)16-10-4-5-11-16/h2-3,6-7H,4-5,8-11H2,1H3,(H,15,17). The summed E-state index contributed by atoms with van der Waals surface area (Å²) in [6, 6.07) is 7.96.